The highest BCUT2D eigenvalue weighted by Gasteiger charge is 2.65. The van der Waals surface area contributed by atoms with Crippen molar-refractivity contribution in [3.63, 3.8) is 0 Å². The van der Waals surface area contributed by atoms with Crippen molar-refractivity contribution < 1.29 is 18.0 Å². The molecule has 0 aromatic heterocycles. The van der Waals surface area contributed by atoms with Gasteiger partial charge in [0.1, 0.15) is 5.78 Å². The van der Waals surface area contributed by atoms with Gasteiger partial charge in [0.15, 0.2) is 0 Å². The Balaban J connectivity index is 1.64. The number of hydrogen-bond donors (Lipinski definition) is 1. The van der Waals surface area contributed by atoms with Crippen molar-refractivity contribution in [1.82, 2.24) is 14.5 Å². The molecule has 1 saturated heterocycles. The van der Waals surface area contributed by atoms with Crippen molar-refractivity contribution in [3.05, 3.63) is 0 Å². The van der Waals surface area contributed by atoms with Gasteiger partial charge in [0.25, 0.3) is 0 Å². The molecular formula is C18H31N3O4S. The number of piperazine rings is 1. The van der Waals surface area contributed by atoms with E-state index in [1.54, 1.807) is 0 Å². The van der Waals surface area contributed by atoms with Gasteiger partial charge in [-0.1, -0.05) is 13.8 Å². The van der Waals surface area contributed by atoms with E-state index in [4.69, 9.17) is 0 Å². The molecule has 1 heterocycles. The molecule has 26 heavy (non-hydrogen) atoms. The lowest BCUT2D eigenvalue weighted by Gasteiger charge is -2.39. The van der Waals surface area contributed by atoms with E-state index in [0.29, 0.717) is 58.0 Å². The molecule has 8 heteroatoms. The molecule has 148 valence electrons. The van der Waals surface area contributed by atoms with E-state index in [1.165, 1.54) is 4.31 Å². The van der Waals surface area contributed by atoms with E-state index in [9.17, 15) is 18.0 Å². The number of Topliss-reactive ketones (excluding diaryl/α,β-unsaturated/α-hetero) is 1. The van der Waals surface area contributed by atoms with Crippen LogP contribution in [-0.4, -0.2) is 74.3 Å². The summed E-state index contributed by atoms with van der Waals surface area (Å²) < 4.78 is 27.6. The number of carbonyl (C=O) groups is 2. The number of rotatable bonds is 6. The van der Waals surface area contributed by atoms with Crippen molar-refractivity contribution in [3.8, 4) is 0 Å². The molecule has 0 spiro atoms. The van der Waals surface area contributed by atoms with Crippen LogP contribution in [0.25, 0.3) is 0 Å². The lowest BCUT2D eigenvalue weighted by Crippen LogP contribution is -2.54. The maximum absolute atomic E-state index is 13.1. The van der Waals surface area contributed by atoms with Crippen molar-refractivity contribution in [2.75, 3.05) is 45.0 Å². The number of ketones is 1. The third-order valence-corrected chi connectivity index (χ3v) is 9.04. The quantitative estimate of drug-likeness (QED) is 0.718. The Hall–Kier alpha value is -0.990. The van der Waals surface area contributed by atoms with Crippen molar-refractivity contribution in [2.45, 2.75) is 40.0 Å². The first-order valence-electron chi connectivity index (χ1n) is 9.62. The topological polar surface area (TPSA) is 86.8 Å². The summed E-state index contributed by atoms with van der Waals surface area (Å²) in [5.74, 6) is 0.368. The molecule has 0 radical (unpaired) electrons. The summed E-state index contributed by atoms with van der Waals surface area (Å²) >= 11 is 0. The van der Waals surface area contributed by atoms with Gasteiger partial charge in [-0.3, -0.25) is 14.5 Å². The van der Waals surface area contributed by atoms with E-state index in [1.807, 2.05) is 11.8 Å². The van der Waals surface area contributed by atoms with Gasteiger partial charge in [-0.2, -0.15) is 4.31 Å². The third kappa shape index (κ3) is 3.20. The zero-order valence-electron chi connectivity index (χ0n) is 16.1. The summed E-state index contributed by atoms with van der Waals surface area (Å²) in [5, 5.41) is 2.76. The highest BCUT2D eigenvalue weighted by atomic mass is 32.2. The number of nitrogens with zero attached hydrogens (tertiary/aromatic N) is 2. The number of fused-ring (bicyclic) bond motifs is 2. The second-order valence-corrected chi connectivity index (χ2v) is 10.5. The molecule has 1 N–H and O–H groups in total. The Morgan fingerprint density at radius 2 is 1.88 bits per heavy atom. The largest absolute Gasteiger partial charge is 0.355 e. The normalized spacial score (nSPS) is 32.1. The molecule has 1 aliphatic heterocycles. The minimum absolute atomic E-state index is 0.0296. The third-order valence-electron chi connectivity index (χ3n) is 7.03. The second-order valence-electron chi connectivity index (χ2n) is 8.55. The number of nitrogens with one attached hydrogen (secondary N) is 1. The van der Waals surface area contributed by atoms with E-state index >= 15 is 0 Å². The molecule has 2 atom stereocenters. The van der Waals surface area contributed by atoms with Crippen LogP contribution in [0, 0.1) is 16.7 Å². The Bertz CT molecular complexity index is 683. The number of likely N-dealkylation sites (N-methyl/N-ethyl adjacent to an activating group) is 1. The van der Waals surface area contributed by atoms with Crippen molar-refractivity contribution in [2.24, 2.45) is 16.7 Å². The zero-order valence-corrected chi connectivity index (χ0v) is 16.9. The summed E-state index contributed by atoms with van der Waals surface area (Å²) in [4.78, 5) is 26.3. The van der Waals surface area contributed by atoms with E-state index in [-0.39, 0.29) is 22.9 Å². The second kappa shape index (κ2) is 6.87. The van der Waals surface area contributed by atoms with Gasteiger partial charge in [0, 0.05) is 44.6 Å². The maximum atomic E-state index is 13.1. The predicted molar refractivity (Wildman–Crippen MR) is 99.0 cm³/mol. The standard InChI is InChI=1S/C18H31N3O4S/c1-4-19-16(23)12-20-7-9-21(10-8-20)26(24,25)13-18-6-5-14(11-15(18)22)17(18,2)3/h14H,4-13H2,1-3H3,(H,19,23). The molecular weight excluding hydrogens is 354 g/mol. The van der Waals surface area contributed by atoms with Crippen LogP contribution < -0.4 is 5.32 Å². The lowest BCUT2D eigenvalue weighted by molar-refractivity contribution is -0.128. The molecule has 1 amide bonds. The number of hydrogen-bond acceptors (Lipinski definition) is 5. The Morgan fingerprint density at radius 3 is 2.38 bits per heavy atom. The summed E-state index contributed by atoms with van der Waals surface area (Å²) in [6, 6.07) is 0. The van der Waals surface area contributed by atoms with Crippen LogP contribution in [0.4, 0.5) is 0 Å². The molecule has 3 rings (SSSR count). The van der Waals surface area contributed by atoms with Crippen LogP contribution in [-0.2, 0) is 19.6 Å². The van der Waals surface area contributed by atoms with E-state index in [2.05, 4.69) is 19.2 Å². The lowest BCUT2D eigenvalue weighted by atomic mass is 9.70. The average molecular weight is 386 g/mol. The fraction of sp³-hybridized carbons (Fsp3) is 0.889. The number of sulfonamides is 1. The van der Waals surface area contributed by atoms with Crippen LogP contribution in [0.3, 0.4) is 0 Å². The predicted octanol–water partition coefficient (Wildman–Crippen LogP) is 0.465. The first-order valence-corrected chi connectivity index (χ1v) is 11.2. The zero-order chi connectivity index (χ0) is 19.2. The van der Waals surface area contributed by atoms with E-state index < -0.39 is 15.4 Å². The molecule has 3 aliphatic rings. The Morgan fingerprint density at radius 1 is 1.23 bits per heavy atom. The Labute approximate surface area is 156 Å². The molecule has 0 aromatic carbocycles. The fourth-order valence-corrected chi connectivity index (χ4v) is 7.34. The van der Waals surface area contributed by atoms with Gasteiger partial charge in [0.05, 0.1) is 12.3 Å². The number of amides is 1. The van der Waals surface area contributed by atoms with Gasteiger partial charge >= 0.3 is 0 Å². The molecule has 0 aromatic rings. The highest BCUT2D eigenvalue weighted by molar-refractivity contribution is 7.89. The molecule has 3 fully saturated rings. The van der Waals surface area contributed by atoms with Gasteiger partial charge in [-0.25, -0.2) is 8.42 Å². The number of carbonyl (C=O) groups excluding carboxylic acids is 2. The van der Waals surface area contributed by atoms with Crippen molar-refractivity contribution in [1.29, 1.82) is 0 Å². The summed E-state index contributed by atoms with van der Waals surface area (Å²) in [7, 11) is -3.49. The maximum Gasteiger partial charge on any atom is 0.234 e. The first kappa shape index (κ1) is 19.8. The van der Waals surface area contributed by atoms with Gasteiger partial charge in [0.2, 0.25) is 15.9 Å². The summed E-state index contributed by atoms with van der Waals surface area (Å²) in [6.07, 6.45) is 2.18. The Kier molecular flexibility index (Phi) is 5.22. The molecule has 7 nitrogen and oxygen atoms in total. The summed E-state index contributed by atoms with van der Waals surface area (Å²) in [5.41, 5.74) is -0.953. The molecule has 2 aliphatic carbocycles. The smallest absolute Gasteiger partial charge is 0.234 e. The highest BCUT2D eigenvalue weighted by Crippen LogP contribution is 2.64. The average Bonchev–Trinajstić information content (AvgIpc) is 2.89. The van der Waals surface area contributed by atoms with Gasteiger partial charge < -0.3 is 5.32 Å². The van der Waals surface area contributed by atoms with Crippen LogP contribution in [0.2, 0.25) is 0 Å². The van der Waals surface area contributed by atoms with Gasteiger partial charge in [-0.05, 0) is 31.1 Å². The molecule has 2 unspecified atom stereocenters. The molecule has 2 saturated carbocycles. The van der Waals surface area contributed by atoms with Crippen molar-refractivity contribution >= 4 is 21.7 Å². The van der Waals surface area contributed by atoms with Gasteiger partial charge in [-0.15, -0.1) is 0 Å². The van der Waals surface area contributed by atoms with Crippen LogP contribution >= 0.6 is 0 Å². The van der Waals surface area contributed by atoms with Crippen LogP contribution in [0.5, 0.6) is 0 Å². The molecule has 2 bridgehead atoms. The van der Waals surface area contributed by atoms with Crippen LogP contribution in [0.15, 0.2) is 0 Å². The minimum Gasteiger partial charge on any atom is -0.355 e. The van der Waals surface area contributed by atoms with E-state index in [0.717, 1.165) is 6.42 Å². The van der Waals surface area contributed by atoms with Crippen LogP contribution in [0.1, 0.15) is 40.0 Å². The minimum atomic E-state index is -3.49. The fourth-order valence-electron chi connectivity index (χ4n) is 5.13. The SMILES string of the molecule is CCNC(=O)CN1CCN(S(=O)(=O)CC23CCC(CC2=O)C3(C)C)CC1. The summed E-state index contributed by atoms with van der Waals surface area (Å²) in [6.45, 7) is 8.77. The first-order chi connectivity index (χ1) is 12.1. The monoisotopic (exact) mass is 385 g/mol.